The summed E-state index contributed by atoms with van der Waals surface area (Å²) >= 11 is 0. The van der Waals surface area contributed by atoms with Crippen molar-refractivity contribution in [1.29, 1.82) is 0 Å². The Bertz CT molecular complexity index is 498. The van der Waals surface area contributed by atoms with Crippen molar-refractivity contribution in [3.05, 3.63) is 29.8 Å². The number of rotatable bonds is 6. The van der Waals surface area contributed by atoms with E-state index >= 15 is 0 Å². The Hall–Kier alpha value is -1.88. The minimum atomic E-state index is -0.661. The lowest BCUT2D eigenvalue weighted by atomic mass is 9.89. The quantitative estimate of drug-likeness (QED) is 0.553. The van der Waals surface area contributed by atoms with Gasteiger partial charge in [0.15, 0.2) is 0 Å². The molecule has 0 aliphatic carbocycles. The predicted octanol–water partition coefficient (Wildman–Crippen LogP) is 1.85. The molecule has 0 aromatic heterocycles. The van der Waals surface area contributed by atoms with E-state index < -0.39 is 11.8 Å². The summed E-state index contributed by atoms with van der Waals surface area (Å²) in [6, 6.07) is 7.29. The second kappa shape index (κ2) is 7.78. The molecule has 5 nitrogen and oxygen atoms in total. The molecule has 0 aliphatic heterocycles. The topological polar surface area (TPSA) is 78.4 Å². The highest BCUT2D eigenvalue weighted by atomic mass is 16.3. The van der Waals surface area contributed by atoms with Crippen LogP contribution < -0.4 is 10.6 Å². The van der Waals surface area contributed by atoms with Crippen LogP contribution in [-0.2, 0) is 9.59 Å². The van der Waals surface area contributed by atoms with Crippen molar-refractivity contribution in [2.75, 3.05) is 18.5 Å². The van der Waals surface area contributed by atoms with Gasteiger partial charge in [0.1, 0.15) is 0 Å². The largest absolute Gasteiger partial charge is 0.396 e. The fourth-order valence-corrected chi connectivity index (χ4v) is 1.82. The summed E-state index contributed by atoms with van der Waals surface area (Å²) in [4.78, 5) is 23.4. The Morgan fingerprint density at radius 1 is 1.19 bits per heavy atom. The third-order valence-corrected chi connectivity index (χ3v) is 3.34. The molecule has 21 heavy (non-hydrogen) atoms. The van der Waals surface area contributed by atoms with Gasteiger partial charge < -0.3 is 15.7 Å². The van der Waals surface area contributed by atoms with Crippen molar-refractivity contribution in [1.82, 2.24) is 5.32 Å². The number of hydrogen-bond donors (Lipinski definition) is 3. The molecule has 0 radical (unpaired) electrons. The highest BCUT2D eigenvalue weighted by molar-refractivity contribution is 6.39. The second-order valence-corrected chi connectivity index (χ2v) is 5.95. The maximum Gasteiger partial charge on any atom is 0.313 e. The number of aliphatic hydroxyl groups is 1. The molecule has 0 unspecified atom stereocenters. The number of aryl methyl sites for hydroxylation is 1. The first-order chi connectivity index (χ1) is 9.85. The number of carbonyl (C=O) groups is 2. The van der Waals surface area contributed by atoms with Crippen LogP contribution in [0, 0.1) is 12.3 Å². The first-order valence-corrected chi connectivity index (χ1v) is 7.11. The van der Waals surface area contributed by atoms with Gasteiger partial charge in [0.25, 0.3) is 0 Å². The summed E-state index contributed by atoms with van der Waals surface area (Å²) in [5, 5.41) is 14.3. The molecule has 0 atom stereocenters. The van der Waals surface area contributed by atoms with Gasteiger partial charge in [-0.15, -0.1) is 0 Å². The summed E-state index contributed by atoms with van der Waals surface area (Å²) in [6.07, 6.45) is 1.50. The van der Waals surface area contributed by atoms with E-state index in [1.807, 2.05) is 32.9 Å². The summed E-state index contributed by atoms with van der Waals surface area (Å²) in [6.45, 7) is 6.31. The maximum absolute atomic E-state index is 11.7. The summed E-state index contributed by atoms with van der Waals surface area (Å²) in [7, 11) is 0. The van der Waals surface area contributed by atoms with Crippen LogP contribution in [0.15, 0.2) is 24.3 Å². The Morgan fingerprint density at radius 3 is 2.48 bits per heavy atom. The van der Waals surface area contributed by atoms with Crippen molar-refractivity contribution in [2.24, 2.45) is 5.41 Å². The van der Waals surface area contributed by atoms with Crippen LogP contribution in [0.1, 0.15) is 32.3 Å². The van der Waals surface area contributed by atoms with E-state index in [9.17, 15) is 9.59 Å². The molecule has 0 bridgehead atoms. The van der Waals surface area contributed by atoms with E-state index in [0.29, 0.717) is 12.2 Å². The third kappa shape index (κ3) is 5.95. The Morgan fingerprint density at radius 2 is 1.86 bits per heavy atom. The number of para-hydroxylation sites is 1. The first-order valence-electron chi connectivity index (χ1n) is 7.11. The van der Waals surface area contributed by atoms with Crippen LogP contribution in [-0.4, -0.2) is 30.1 Å². The van der Waals surface area contributed by atoms with Gasteiger partial charge in [-0.05, 0) is 36.8 Å². The van der Waals surface area contributed by atoms with Gasteiger partial charge in [-0.3, -0.25) is 9.59 Å². The van der Waals surface area contributed by atoms with Crippen molar-refractivity contribution in [3.8, 4) is 0 Å². The molecule has 116 valence electrons. The zero-order valence-corrected chi connectivity index (χ0v) is 12.9. The fraction of sp³-hybridized carbons (Fsp3) is 0.500. The van der Waals surface area contributed by atoms with Gasteiger partial charge in [0.2, 0.25) is 0 Å². The molecule has 0 spiro atoms. The SMILES string of the molecule is Cc1ccccc1NC(=O)C(=O)NCCCC(C)(C)CO. The van der Waals surface area contributed by atoms with Crippen molar-refractivity contribution in [2.45, 2.75) is 33.6 Å². The number of hydrogen-bond acceptors (Lipinski definition) is 3. The molecule has 5 heteroatoms. The molecule has 0 saturated heterocycles. The highest BCUT2D eigenvalue weighted by Crippen LogP contribution is 2.20. The Labute approximate surface area is 125 Å². The lowest BCUT2D eigenvalue weighted by molar-refractivity contribution is -0.136. The van der Waals surface area contributed by atoms with Gasteiger partial charge in [0.05, 0.1) is 0 Å². The summed E-state index contributed by atoms with van der Waals surface area (Å²) in [5.74, 6) is -1.30. The van der Waals surface area contributed by atoms with Crippen molar-refractivity contribution >= 4 is 17.5 Å². The van der Waals surface area contributed by atoms with Gasteiger partial charge >= 0.3 is 11.8 Å². The van der Waals surface area contributed by atoms with Crippen LogP contribution >= 0.6 is 0 Å². The van der Waals surface area contributed by atoms with Crippen LogP contribution in [0.2, 0.25) is 0 Å². The molecule has 0 aliphatic rings. The highest BCUT2D eigenvalue weighted by Gasteiger charge is 2.17. The maximum atomic E-state index is 11.7. The molecule has 0 fully saturated rings. The average Bonchev–Trinajstić information content (AvgIpc) is 2.45. The smallest absolute Gasteiger partial charge is 0.313 e. The van der Waals surface area contributed by atoms with Gasteiger partial charge in [-0.1, -0.05) is 32.0 Å². The van der Waals surface area contributed by atoms with Crippen LogP contribution in [0.25, 0.3) is 0 Å². The molecule has 3 N–H and O–H groups in total. The fourth-order valence-electron chi connectivity index (χ4n) is 1.82. The third-order valence-electron chi connectivity index (χ3n) is 3.34. The number of benzene rings is 1. The van der Waals surface area contributed by atoms with Gasteiger partial charge in [-0.2, -0.15) is 0 Å². The molecule has 1 aromatic rings. The van der Waals surface area contributed by atoms with Crippen molar-refractivity contribution < 1.29 is 14.7 Å². The Balaban J connectivity index is 2.36. The van der Waals surface area contributed by atoms with E-state index in [2.05, 4.69) is 10.6 Å². The molecule has 1 rings (SSSR count). The number of anilines is 1. The van der Waals surface area contributed by atoms with Crippen LogP contribution in [0.3, 0.4) is 0 Å². The minimum Gasteiger partial charge on any atom is -0.396 e. The molecular weight excluding hydrogens is 268 g/mol. The molecular formula is C16H24N2O3. The molecule has 2 amide bonds. The first kappa shape index (κ1) is 17.2. The summed E-state index contributed by atoms with van der Waals surface area (Å²) in [5.41, 5.74) is 1.39. The lowest BCUT2D eigenvalue weighted by Crippen LogP contribution is -2.36. The summed E-state index contributed by atoms with van der Waals surface area (Å²) < 4.78 is 0. The number of aliphatic hydroxyl groups excluding tert-OH is 1. The zero-order chi connectivity index (χ0) is 15.9. The van der Waals surface area contributed by atoms with E-state index in [4.69, 9.17) is 5.11 Å². The molecule has 1 aromatic carbocycles. The van der Waals surface area contributed by atoms with Gasteiger partial charge in [0, 0.05) is 18.8 Å². The predicted molar refractivity (Wildman–Crippen MR) is 82.9 cm³/mol. The lowest BCUT2D eigenvalue weighted by Gasteiger charge is -2.21. The van der Waals surface area contributed by atoms with E-state index in [0.717, 1.165) is 18.4 Å². The molecule has 0 saturated carbocycles. The normalized spacial score (nSPS) is 11.0. The number of nitrogens with one attached hydrogen (secondary N) is 2. The standard InChI is InChI=1S/C16H24N2O3/c1-12-7-4-5-8-13(12)18-15(21)14(20)17-10-6-9-16(2,3)11-19/h4-5,7-8,19H,6,9-11H2,1-3H3,(H,17,20)(H,18,21). The minimum absolute atomic E-state index is 0.106. The number of carbonyl (C=O) groups excluding carboxylic acids is 2. The van der Waals surface area contributed by atoms with E-state index in [1.54, 1.807) is 12.1 Å². The second-order valence-electron chi connectivity index (χ2n) is 5.95. The molecule has 0 heterocycles. The van der Waals surface area contributed by atoms with E-state index in [-0.39, 0.29) is 12.0 Å². The Kier molecular flexibility index (Phi) is 6.37. The number of amides is 2. The van der Waals surface area contributed by atoms with Crippen LogP contribution in [0.4, 0.5) is 5.69 Å². The zero-order valence-electron chi connectivity index (χ0n) is 12.9. The average molecular weight is 292 g/mol. The van der Waals surface area contributed by atoms with E-state index in [1.165, 1.54) is 0 Å². The van der Waals surface area contributed by atoms with Crippen molar-refractivity contribution in [3.63, 3.8) is 0 Å². The monoisotopic (exact) mass is 292 g/mol. The van der Waals surface area contributed by atoms with Crippen LogP contribution in [0.5, 0.6) is 0 Å². The van der Waals surface area contributed by atoms with Gasteiger partial charge in [-0.25, -0.2) is 0 Å².